The van der Waals surface area contributed by atoms with Gasteiger partial charge >= 0.3 is 0 Å². The summed E-state index contributed by atoms with van der Waals surface area (Å²) >= 11 is 0. The molecule has 0 atom stereocenters. The maximum Gasteiger partial charge on any atom is 0.254 e. The zero-order valence-electron chi connectivity index (χ0n) is 9.33. The third kappa shape index (κ3) is 2.06. The summed E-state index contributed by atoms with van der Waals surface area (Å²) in [6.45, 7) is 0. The topological polar surface area (TPSA) is 67.9 Å². The van der Waals surface area contributed by atoms with Gasteiger partial charge < -0.3 is 9.72 Å². The van der Waals surface area contributed by atoms with Crippen LogP contribution in [0.4, 0.5) is 0 Å². The summed E-state index contributed by atoms with van der Waals surface area (Å²) in [6, 6.07) is 10.9. The minimum atomic E-state index is -0.256. The van der Waals surface area contributed by atoms with Gasteiger partial charge in [0, 0.05) is 5.39 Å². The zero-order chi connectivity index (χ0) is 12.4. The van der Waals surface area contributed by atoms with Crippen molar-refractivity contribution in [3.63, 3.8) is 0 Å². The summed E-state index contributed by atoms with van der Waals surface area (Å²) in [5.41, 5.74) is 0.637. The Balaban J connectivity index is 1.97. The monoisotopic (exact) mass is 239 g/mol. The van der Waals surface area contributed by atoms with Gasteiger partial charge in [-0.05, 0) is 12.1 Å². The molecular formula is C13H9N3O2. The second-order valence-electron chi connectivity index (χ2n) is 3.72. The highest BCUT2D eigenvalue weighted by molar-refractivity contribution is 5.79. The Bertz CT molecular complexity index is 752. The van der Waals surface area contributed by atoms with Crippen LogP contribution in [0.2, 0.25) is 0 Å². The Labute approximate surface area is 102 Å². The highest BCUT2D eigenvalue weighted by Crippen LogP contribution is 2.21. The van der Waals surface area contributed by atoms with Gasteiger partial charge in [0.1, 0.15) is 5.75 Å². The van der Waals surface area contributed by atoms with E-state index in [1.54, 1.807) is 6.20 Å². The highest BCUT2D eigenvalue weighted by Gasteiger charge is 2.01. The third-order valence-electron chi connectivity index (χ3n) is 2.44. The van der Waals surface area contributed by atoms with Crippen molar-refractivity contribution >= 4 is 10.9 Å². The van der Waals surface area contributed by atoms with Gasteiger partial charge in [-0.3, -0.25) is 9.78 Å². The lowest BCUT2D eigenvalue weighted by Crippen LogP contribution is -2.04. The number of hydrogen-bond acceptors (Lipinski definition) is 4. The molecule has 0 fully saturated rings. The van der Waals surface area contributed by atoms with Gasteiger partial charge in [-0.1, -0.05) is 18.2 Å². The summed E-state index contributed by atoms with van der Waals surface area (Å²) < 4.78 is 5.47. The Hall–Kier alpha value is -2.69. The van der Waals surface area contributed by atoms with Crippen LogP contribution >= 0.6 is 0 Å². The van der Waals surface area contributed by atoms with E-state index in [0.29, 0.717) is 5.75 Å². The van der Waals surface area contributed by atoms with Crippen LogP contribution < -0.4 is 10.3 Å². The molecule has 0 aliphatic rings. The Morgan fingerprint density at radius 1 is 1.11 bits per heavy atom. The van der Waals surface area contributed by atoms with Gasteiger partial charge in [-0.2, -0.15) is 0 Å². The first kappa shape index (κ1) is 10.5. The summed E-state index contributed by atoms with van der Waals surface area (Å²) in [6.07, 6.45) is 2.90. The number of pyridine rings is 1. The maximum atomic E-state index is 11.1. The van der Waals surface area contributed by atoms with Crippen molar-refractivity contribution in [1.82, 2.24) is 15.0 Å². The van der Waals surface area contributed by atoms with E-state index in [0.717, 1.165) is 10.9 Å². The average molecular weight is 239 g/mol. The largest absolute Gasteiger partial charge is 0.437 e. The number of fused-ring (bicyclic) bond motifs is 1. The standard InChI is InChI=1S/C13H9N3O2/c17-12-6-13(16-8-15-12)18-10-5-9-3-1-2-4-11(9)14-7-10/h1-8H,(H,15,16,17). The van der Waals surface area contributed by atoms with Crippen molar-refractivity contribution in [2.75, 3.05) is 0 Å². The number of ether oxygens (including phenoxy) is 1. The van der Waals surface area contributed by atoms with Gasteiger partial charge in [0.15, 0.2) is 0 Å². The third-order valence-corrected chi connectivity index (χ3v) is 2.44. The van der Waals surface area contributed by atoms with Crippen LogP contribution in [-0.4, -0.2) is 15.0 Å². The van der Waals surface area contributed by atoms with Crippen molar-refractivity contribution in [1.29, 1.82) is 0 Å². The number of nitrogens with zero attached hydrogens (tertiary/aromatic N) is 2. The molecule has 0 bridgehead atoms. The smallest absolute Gasteiger partial charge is 0.254 e. The predicted octanol–water partition coefficient (Wildman–Crippen LogP) is 2.11. The number of nitrogens with one attached hydrogen (secondary N) is 1. The molecule has 5 nitrogen and oxygen atoms in total. The number of aromatic nitrogens is 3. The predicted molar refractivity (Wildman–Crippen MR) is 66.7 cm³/mol. The van der Waals surface area contributed by atoms with Crippen molar-refractivity contribution in [3.8, 4) is 11.6 Å². The second-order valence-corrected chi connectivity index (χ2v) is 3.72. The molecule has 0 unspecified atom stereocenters. The lowest BCUT2D eigenvalue weighted by molar-refractivity contribution is 0.459. The highest BCUT2D eigenvalue weighted by atomic mass is 16.5. The van der Waals surface area contributed by atoms with Crippen LogP contribution in [0, 0.1) is 0 Å². The molecule has 0 aliphatic carbocycles. The molecule has 1 aromatic carbocycles. The summed E-state index contributed by atoms with van der Waals surface area (Å²) in [5, 5.41) is 0.972. The number of rotatable bonds is 2. The first-order chi connectivity index (χ1) is 8.81. The summed E-state index contributed by atoms with van der Waals surface area (Å²) in [5.74, 6) is 0.794. The molecule has 0 aliphatic heterocycles. The van der Waals surface area contributed by atoms with Crippen LogP contribution in [0.1, 0.15) is 0 Å². The minimum Gasteiger partial charge on any atom is -0.437 e. The molecule has 3 rings (SSSR count). The number of aromatic amines is 1. The SMILES string of the molecule is O=c1cc(Oc2cnc3ccccc3c2)nc[nH]1. The minimum absolute atomic E-state index is 0.246. The van der Waals surface area contributed by atoms with E-state index in [9.17, 15) is 4.79 Å². The number of H-pyrrole nitrogens is 1. The van der Waals surface area contributed by atoms with Gasteiger partial charge in [-0.15, -0.1) is 0 Å². The van der Waals surface area contributed by atoms with E-state index in [1.807, 2.05) is 30.3 Å². The fourth-order valence-corrected chi connectivity index (χ4v) is 1.63. The molecule has 88 valence electrons. The Morgan fingerprint density at radius 3 is 2.89 bits per heavy atom. The summed E-state index contributed by atoms with van der Waals surface area (Å²) in [4.78, 5) is 21.7. The molecule has 1 N–H and O–H groups in total. The quantitative estimate of drug-likeness (QED) is 0.743. The van der Waals surface area contributed by atoms with Crippen molar-refractivity contribution in [2.24, 2.45) is 0 Å². The molecule has 0 saturated carbocycles. The zero-order valence-corrected chi connectivity index (χ0v) is 9.33. The van der Waals surface area contributed by atoms with Gasteiger partial charge in [0.2, 0.25) is 5.88 Å². The van der Waals surface area contributed by atoms with E-state index in [4.69, 9.17) is 4.74 Å². The second kappa shape index (κ2) is 4.29. The summed E-state index contributed by atoms with van der Waals surface area (Å²) in [7, 11) is 0. The molecule has 18 heavy (non-hydrogen) atoms. The van der Waals surface area contributed by atoms with Crippen molar-refractivity contribution in [3.05, 3.63) is 59.3 Å². The van der Waals surface area contributed by atoms with Crippen LogP contribution in [0.25, 0.3) is 10.9 Å². The molecule has 5 heteroatoms. The van der Waals surface area contributed by atoms with E-state index in [1.165, 1.54) is 12.4 Å². The molecule has 0 spiro atoms. The van der Waals surface area contributed by atoms with Crippen LogP contribution in [0.15, 0.2) is 53.7 Å². The molecule has 3 aromatic rings. The van der Waals surface area contributed by atoms with E-state index < -0.39 is 0 Å². The van der Waals surface area contributed by atoms with Gasteiger partial charge in [0.05, 0.1) is 24.1 Å². The lowest BCUT2D eigenvalue weighted by atomic mass is 10.2. The van der Waals surface area contributed by atoms with Crippen molar-refractivity contribution < 1.29 is 4.74 Å². The average Bonchev–Trinajstić information content (AvgIpc) is 2.39. The first-order valence-corrected chi connectivity index (χ1v) is 5.39. The fraction of sp³-hybridized carbons (Fsp3) is 0. The molecule has 2 heterocycles. The first-order valence-electron chi connectivity index (χ1n) is 5.39. The normalized spacial score (nSPS) is 10.4. The number of para-hydroxylation sites is 1. The van der Waals surface area contributed by atoms with E-state index in [-0.39, 0.29) is 11.4 Å². The van der Waals surface area contributed by atoms with E-state index in [2.05, 4.69) is 15.0 Å². The lowest BCUT2D eigenvalue weighted by Gasteiger charge is -2.04. The molecule has 0 amide bonds. The Kier molecular flexibility index (Phi) is 2.49. The Morgan fingerprint density at radius 2 is 2.00 bits per heavy atom. The van der Waals surface area contributed by atoms with E-state index >= 15 is 0 Å². The maximum absolute atomic E-state index is 11.1. The van der Waals surface area contributed by atoms with Gasteiger partial charge in [-0.25, -0.2) is 4.98 Å². The number of hydrogen-bond donors (Lipinski definition) is 1. The van der Waals surface area contributed by atoms with Crippen molar-refractivity contribution in [2.45, 2.75) is 0 Å². The number of benzene rings is 1. The molecule has 0 radical (unpaired) electrons. The van der Waals surface area contributed by atoms with Crippen LogP contribution in [-0.2, 0) is 0 Å². The molecular weight excluding hydrogens is 230 g/mol. The van der Waals surface area contributed by atoms with Crippen LogP contribution in [0.3, 0.4) is 0 Å². The fourth-order valence-electron chi connectivity index (χ4n) is 1.63. The molecule has 0 saturated heterocycles. The molecule has 2 aromatic heterocycles. The van der Waals surface area contributed by atoms with Crippen LogP contribution in [0.5, 0.6) is 11.6 Å². The van der Waals surface area contributed by atoms with Gasteiger partial charge in [0.25, 0.3) is 5.56 Å².